The van der Waals surface area contributed by atoms with Gasteiger partial charge in [-0.15, -0.1) is 0 Å². The molecule has 12 heavy (non-hydrogen) atoms. The Kier molecular flexibility index (Phi) is 1.34. The number of hydrogen-bond acceptors (Lipinski definition) is 2. The van der Waals surface area contributed by atoms with Gasteiger partial charge in [0.05, 0.1) is 5.52 Å². The molecule has 0 aliphatic heterocycles. The van der Waals surface area contributed by atoms with Crippen LogP contribution in [0, 0.1) is 0 Å². The van der Waals surface area contributed by atoms with Crippen LogP contribution >= 0.6 is 0 Å². The lowest BCUT2D eigenvalue weighted by Gasteiger charge is -1.97. The Bertz CT molecular complexity index is 462. The number of rotatable bonds is 1. The van der Waals surface area contributed by atoms with Crippen molar-refractivity contribution in [3.05, 3.63) is 42.1 Å². The number of aldehydes is 1. The minimum absolute atomic E-state index is 0.408. The van der Waals surface area contributed by atoms with Crippen LogP contribution in [0.2, 0.25) is 0 Å². The molecule has 0 bridgehead atoms. The van der Waals surface area contributed by atoms with E-state index in [0.717, 1.165) is 10.9 Å². The fourth-order valence-electron chi connectivity index (χ4n) is 1.18. The molecular formula is C10H7NO. The highest BCUT2D eigenvalue weighted by Crippen LogP contribution is 2.13. The van der Waals surface area contributed by atoms with E-state index in [1.165, 1.54) is 0 Å². The molecule has 0 atom stereocenters. The number of nitrogens with zero attached hydrogens (tertiary/aromatic N) is 1. The van der Waals surface area contributed by atoms with Gasteiger partial charge >= 0.3 is 0 Å². The van der Waals surface area contributed by atoms with Crippen molar-refractivity contribution in [2.75, 3.05) is 0 Å². The van der Waals surface area contributed by atoms with E-state index in [-0.39, 0.29) is 0 Å². The van der Waals surface area contributed by atoms with Gasteiger partial charge < -0.3 is 0 Å². The van der Waals surface area contributed by atoms with Crippen LogP contribution in [0.3, 0.4) is 0 Å². The van der Waals surface area contributed by atoms with Gasteiger partial charge in [-0.05, 0) is 12.1 Å². The Labute approximate surface area is 71.3 Å². The van der Waals surface area contributed by atoms with Crippen molar-refractivity contribution in [3.63, 3.8) is 0 Å². The number of carbonyl (C=O) groups is 1. The van der Waals surface area contributed by atoms with Crippen molar-refractivity contribution >= 4 is 17.2 Å². The fraction of sp³-hybridized carbons (Fsp3) is 0. The molecule has 0 N–H and O–H groups in total. The molecule has 2 heteroatoms. The third kappa shape index (κ3) is 0.975. The van der Waals surface area contributed by atoms with E-state index < -0.39 is 6.26 Å². The van der Waals surface area contributed by atoms with E-state index in [4.69, 9.17) is 1.37 Å². The lowest BCUT2D eigenvalue weighted by atomic mass is 10.1. The van der Waals surface area contributed by atoms with E-state index in [0.29, 0.717) is 5.56 Å². The van der Waals surface area contributed by atoms with Crippen molar-refractivity contribution < 1.29 is 6.17 Å². The van der Waals surface area contributed by atoms with E-state index in [1.54, 1.807) is 18.3 Å². The van der Waals surface area contributed by atoms with Crippen molar-refractivity contribution in [1.29, 1.82) is 0 Å². The molecule has 0 aliphatic rings. The zero-order chi connectivity index (χ0) is 9.26. The minimum Gasteiger partial charge on any atom is -0.298 e. The summed E-state index contributed by atoms with van der Waals surface area (Å²) >= 11 is 0. The summed E-state index contributed by atoms with van der Waals surface area (Å²) in [6, 6.07) is 8.87. The maximum Gasteiger partial charge on any atom is 0.150 e. The third-order valence-corrected chi connectivity index (χ3v) is 1.76. The Balaban J connectivity index is 2.83. The van der Waals surface area contributed by atoms with Crippen molar-refractivity contribution in [3.8, 4) is 0 Å². The number of pyridine rings is 1. The predicted molar refractivity (Wildman–Crippen MR) is 47.1 cm³/mol. The summed E-state index contributed by atoms with van der Waals surface area (Å²) in [5.74, 6) is 0. The molecule has 1 heterocycles. The molecule has 2 rings (SSSR count). The van der Waals surface area contributed by atoms with Crippen LogP contribution in [-0.4, -0.2) is 11.2 Å². The second-order valence-electron chi connectivity index (χ2n) is 2.48. The summed E-state index contributed by atoms with van der Waals surface area (Å²) in [4.78, 5) is 15.0. The molecule has 0 amide bonds. The van der Waals surface area contributed by atoms with Crippen LogP contribution in [0.1, 0.15) is 11.7 Å². The molecule has 0 saturated carbocycles. The molecule has 1 aromatic carbocycles. The standard InChI is InChI=1S/C10H7NO/c12-7-8-5-6-11-10-4-2-1-3-9(8)10/h1-7H/i7D. The van der Waals surface area contributed by atoms with Crippen LogP contribution in [0.15, 0.2) is 36.5 Å². The van der Waals surface area contributed by atoms with E-state index in [2.05, 4.69) is 4.98 Å². The molecule has 2 aromatic rings. The normalized spacial score (nSPS) is 11.2. The first-order valence-electron chi connectivity index (χ1n) is 4.14. The third-order valence-electron chi connectivity index (χ3n) is 1.76. The second-order valence-corrected chi connectivity index (χ2v) is 2.48. The molecule has 0 aliphatic carbocycles. The van der Waals surface area contributed by atoms with Crippen molar-refractivity contribution in [2.24, 2.45) is 0 Å². The Hall–Kier alpha value is -1.70. The largest absolute Gasteiger partial charge is 0.298 e. The van der Waals surface area contributed by atoms with Crippen molar-refractivity contribution in [2.45, 2.75) is 0 Å². The van der Waals surface area contributed by atoms with Gasteiger partial charge in [-0.25, -0.2) is 0 Å². The molecular weight excluding hydrogens is 150 g/mol. The van der Waals surface area contributed by atoms with Gasteiger partial charge in [0.1, 0.15) is 1.37 Å². The van der Waals surface area contributed by atoms with E-state index in [1.807, 2.05) is 18.2 Å². The summed E-state index contributed by atoms with van der Waals surface area (Å²) in [6.07, 6.45) is 0.878. The number of hydrogen-bond donors (Lipinski definition) is 0. The maximum atomic E-state index is 10.9. The molecule has 58 valence electrons. The second kappa shape index (κ2) is 2.74. The zero-order valence-corrected chi connectivity index (χ0v) is 6.32. The SMILES string of the molecule is [2H]C(=O)c1ccnc2ccccc12. The van der Waals surface area contributed by atoms with Gasteiger partial charge in [0.25, 0.3) is 0 Å². The van der Waals surface area contributed by atoms with Gasteiger partial charge in [-0.1, -0.05) is 18.2 Å². The quantitative estimate of drug-likeness (QED) is 0.594. The van der Waals surface area contributed by atoms with Crippen LogP contribution in [0.4, 0.5) is 0 Å². The zero-order valence-electron chi connectivity index (χ0n) is 7.32. The Morgan fingerprint density at radius 1 is 1.33 bits per heavy atom. The lowest BCUT2D eigenvalue weighted by Crippen LogP contribution is -1.84. The average Bonchev–Trinajstić information content (AvgIpc) is 2.17. The molecule has 0 saturated heterocycles. The molecule has 0 radical (unpaired) electrons. The molecule has 0 unspecified atom stereocenters. The fourth-order valence-corrected chi connectivity index (χ4v) is 1.18. The molecule has 2 nitrogen and oxygen atoms in total. The number of carbonyl (C=O) groups excluding carboxylic acids is 1. The maximum absolute atomic E-state index is 10.9. The number of fused-ring (bicyclic) bond motifs is 1. The summed E-state index contributed by atoms with van der Waals surface area (Å²) < 4.78 is 7.03. The van der Waals surface area contributed by atoms with E-state index >= 15 is 0 Å². The summed E-state index contributed by atoms with van der Waals surface area (Å²) in [7, 11) is 0. The number of benzene rings is 1. The average molecular weight is 158 g/mol. The highest BCUT2D eigenvalue weighted by atomic mass is 16.1. The first kappa shape index (κ1) is 5.89. The summed E-state index contributed by atoms with van der Waals surface area (Å²) in [6.45, 7) is 0. The minimum atomic E-state index is -0.668. The van der Waals surface area contributed by atoms with Gasteiger partial charge in [0, 0.05) is 17.1 Å². The number of para-hydroxylation sites is 1. The molecule has 0 fully saturated rings. The Morgan fingerprint density at radius 2 is 2.17 bits per heavy atom. The van der Waals surface area contributed by atoms with Crippen LogP contribution < -0.4 is 0 Å². The predicted octanol–water partition coefficient (Wildman–Crippen LogP) is 2.05. The Morgan fingerprint density at radius 3 is 3.00 bits per heavy atom. The monoisotopic (exact) mass is 158 g/mol. The highest BCUT2D eigenvalue weighted by Gasteiger charge is 1.97. The van der Waals surface area contributed by atoms with Gasteiger partial charge in [0.2, 0.25) is 0 Å². The summed E-state index contributed by atoms with van der Waals surface area (Å²) in [5, 5.41) is 0.741. The number of aromatic nitrogens is 1. The lowest BCUT2D eigenvalue weighted by molar-refractivity contribution is 0.112. The van der Waals surface area contributed by atoms with Gasteiger partial charge in [-0.2, -0.15) is 0 Å². The topological polar surface area (TPSA) is 30.0 Å². The summed E-state index contributed by atoms with van der Waals surface area (Å²) in [5.41, 5.74) is 1.16. The van der Waals surface area contributed by atoms with Crippen molar-refractivity contribution in [1.82, 2.24) is 4.98 Å². The van der Waals surface area contributed by atoms with Crippen LogP contribution in [0.25, 0.3) is 10.9 Å². The van der Waals surface area contributed by atoms with Crippen LogP contribution in [-0.2, 0) is 0 Å². The van der Waals surface area contributed by atoms with Crippen LogP contribution in [0.5, 0.6) is 0 Å². The molecule has 1 aromatic heterocycles. The first-order chi connectivity index (χ1) is 6.29. The van der Waals surface area contributed by atoms with Gasteiger partial charge in [-0.3, -0.25) is 9.78 Å². The highest BCUT2D eigenvalue weighted by molar-refractivity contribution is 5.95. The van der Waals surface area contributed by atoms with Gasteiger partial charge in [0.15, 0.2) is 6.26 Å². The first-order valence-corrected chi connectivity index (χ1v) is 3.64. The smallest absolute Gasteiger partial charge is 0.150 e. The van der Waals surface area contributed by atoms with E-state index in [9.17, 15) is 4.79 Å². The molecule has 0 spiro atoms.